The van der Waals surface area contributed by atoms with Crippen molar-refractivity contribution in [1.29, 1.82) is 0 Å². The highest BCUT2D eigenvalue weighted by atomic mass is 16.1. The fourth-order valence-electron chi connectivity index (χ4n) is 3.03. The molecule has 1 rings (SSSR count). The molecule has 1 fully saturated rings. The second kappa shape index (κ2) is 9.35. The average molecular weight is 283 g/mol. The van der Waals surface area contributed by atoms with Crippen molar-refractivity contribution in [2.75, 3.05) is 32.7 Å². The van der Waals surface area contributed by atoms with E-state index >= 15 is 0 Å². The quantitative estimate of drug-likeness (QED) is 0.715. The van der Waals surface area contributed by atoms with E-state index in [0.29, 0.717) is 30.7 Å². The van der Waals surface area contributed by atoms with Gasteiger partial charge in [-0.05, 0) is 63.2 Å². The van der Waals surface area contributed by atoms with Crippen LogP contribution in [0.15, 0.2) is 0 Å². The van der Waals surface area contributed by atoms with E-state index < -0.39 is 0 Å². The smallest absolute Gasteiger partial charge is 0.220 e. The summed E-state index contributed by atoms with van der Waals surface area (Å²) in [5.74, 6) is 1.77. The summed E-state index contributed by atoms with van der Waals surface area (Å²) in [6.07, 6.45) is 4.04. The first kappa shape index (κ1) is 17.4. The predicted molar refractivity (Wildman–Crippen MR) is 84.5 cm³/mol. The Bertz CT molecular complexity index is 273. The number of rotatable bonds is 8. The zero-order valence-corrected chi connectivity index (χ0v) is 13.5. The maximum Gasteiger partial charge on any atom is 0.220 e. The summed E-state index contributed by atoms with van der Waals surface area (Å²) in [5.41, 5.74) is 5.75. The normalized spacial score (nSPS) is 19.2. The topological polar surface area (TPSA) is 58.4 Å². The lowest BCUT2D eigenvalue weighted by molar-refractivity contribution is -0.122. The Kier molecular flexibility index (Phi) is 8.15. The van der Waals surface area contributed by atoms with E-state index in [9.17, 15) is 4.79 Å². The standard InChI is InChI=1S/C16H33N3O/c1-4-19-7-5-14(6-8-19)12-18-16(20)10-15(11-17)9-13(2)3/h13-15H,4-12,17H2,1-3H3,(H,18,20). The number of carbonyl (C=O) groups is 1. The third-order valence-electron chi connectivity index (χ3n) is 4.35. The van der Waals surface area contributed by atoms with E-state index in [4.69, 9.17) is 5.73 Å². The van der Waals surface area contributed by atoms with Gasteiger partial charge in [-0.2, -0.15) is 0 Å². The molecule has 1 heterocycles. The Morgan fingerprint density at radius 2 is 2.00 bits per heavy atom. The number of carbonyl (C=O) groups excluding carboxylic acids is 1. The van der Waals surface area contributed by atoms with Crippen molar-refractivity contribution in [2.24, 2.45) is 23.5 Å². The Labute approximate surface area is 124 Å². The third-order valence-corrected chi connectivity index (χ3v) is 4.35. The van der Waals surface area contributed by atoms with Crippen LogP contribution in [0, 0.1) is 17.8 Å². The van der Waals surface area contributed by atoms with Gasteiger partial charge in [0.25, 0.3) is 0 Å². The molecule has 1 aliphatic heterocycles. The monoisotopic (exact) mass is 283 g/mol. The number of piperidine rings is 1. The molecule has 4 nitrogen and oxygen atoms in total. The number of nitrogens with two attached hydrogens (primary N) is 1. The highest BCUT2D eigenvalue weighted by molar-refractivity contribution is 5.76. The molecule has 1 atom stereocenters. The van der Waals surface area contributed by atoms with Crippen molar-refractivity contribution in [2.45, 2.75) is 46.5 Å². The molecular weight excluding hydrogens is 250 g/mol. The van der Waals surface area contributed by atoms with Crippen molar-refractivity contribution >= 4 is 5.91 Å². The Balaban J connectivity index is 2.19. The Morgan fingerprint density at radius 1 is 1.35 bits per heavy atom. The van der Waals surface area contributed by atoms with Crippen molar-refractivity contribution in [1.82, 2.24) is 10.2 Å². The van der Waals surface area contributed by atoms with Gasteiger partial charge >= 0.3 is 0 Å². The highest BCUT2D eigenvalue weighted by Crippen LogP contribution is 2.17. The number of nitrogens with one attached hydrogen (secondary N) is 1. The summed E-state index contributed by atoms with van der Waals surface area (Å²) in [4.78, 5) is 14.5. The fourth-order valence-corrected chi connectivity index (χ4v) is 3.03. The van der Waals surface area contributed by atoms with Crippen LogP contribution in [0.25, 0.3) is 0 Å². The number of hydrogen-bond acceptors (Lipinski definition) is 3. The van der Waals surface area contributed by atoms with Crippen LogP contribution in [0.4, 0.5) is 0 Å². The minimum Gasteiger partial charge on any atom is -0.356 e. The molecule has 0 aromatic heterocycles. The molecular formula is C16H33N3O. The van der Waals surface area contributed by atoms with Gasteiger partial charge in [-0.25, -0.2) is 0 Å². The van der Waals surface area contributed by atoms with Crippen LogP contribution in [0.5, 0.6) is 0 Å². The van der Waals surface area contributed by atoms with E-state index in [1.165, 1.54) is 25.9 Å². The molecule has 1 saturated heterocycles. The lowest BCUT2D eigenvalue weighted by Gasteiger charge is -2.31. The van der Waals surface area contributed by atoms with Crippen LogP contribution < -0.4 is 11.1 Å². The average Bonchev–Trinajstić information content (AvgIpc) is 2.44. The van der Waals surface area contributed by atoms with Gasteiger partial charge in [0.1, 0.15) is 0 Å². The first-order valence-corrected chi connectivity index (χ1v) is 8.24. The van der Waals surface area contributed by atoms with Crippen molar-refractivity contribution in [3.63, 3.8) is 0 Å². The number of amides is 1. The van der Waals surface area contributed by atoms with Crippen molar-refractivity contribution in [3.8, 4) is 0 Å². The number of nitrogens with zero attached hydrogens (tertiary/aromatic N) is 1. The lowest BCUT2D eigenvalue weighted by atomic mass is 9.93. The molecule has 1 amide bonds. The molecule has 0 spiro atoms. The van der Waals surface area contributed by atoms with E-state index in [2.05, 4.69) is 31.0 Å². The van der Waals surface area contributed by atoms with E-state index in [-0.39, 0.29) is 5.91 Å². The fraction of sp³-hybridized carbons (Fsp3) is 0.938. The Hall–Kier alpha value is -0.610. The molecule has 0 aromatic carbocycles. The van der Waals surface area contributed by atoms with Gasteiger partial charge in [-0.15, -0.1) is 0 Å². The molecule has 1 aliphatic rings. The predicted octanol–water partition coefficient (Wildman–Crippen LogP) is 1.85. The van der Waals surface area contributed by atoms with Crippen LogP contribution in [0.2, 0.25) is 0 Å². The molecule has 0 radical (unpaired) electrons. The minimum atomic E-state index is 0.180. The minimum absolute atomic E-state index is 0.180. The summed E-state index contributed by atoms with van der Waals surface area (Å²) in [6.45, 7) is 11.5. The summed E-state index contributed by atoms with van der Waals surface area (Å²) in [6, 6.07) is 0. The summed E-state index contributed by atoms with van der Waals surface area (Å²) in [5, 5.41) is 3.11. The van der Waals surface area contributed by atoms with Gasteiger partial charge in [-0.3, -0.25) is 4.79 Å². The molecule has 20 heavy (non-hydrogen) atoms. The first-order chi connectivity index (χ1) is 9.55. The molecule has 0 saturated carbocycles. The first-order valence-electron chi connectivity index (χ1n) is 8.24. The van der Waals surface area contributed by atoms with Gasteiger partial charge in [0.05, 0.1) is 0 Å². The number of hydrogen-bond donors (Lipinski definition) is 2. The molecule has 0 aromatic rings. The zero-order valence-electron chi connectivity index (χ0n) is 13.5. The largest absolute Gasteiger partial charge is 0.356 e. The molecule has 0 aliphatic carbocycles. The van der Waals surface area contributed by atoms with Crippen LogP contribution in [-0.4, -0.2) is 43.5 Å². The summed E-state index contributed by atoms with van der Waals surface area (Å²) >= 11 is 0. The van der Waals surface area contributed by atoms with Crippen molar-refractivity contribution in [3.05, 3.63) is 0 Å². The highest BCUT2D eigenvalue weighted by Gasteiger charge is 2.19. The van der Waals surface area contributed by atoms with E-state index in [1.807, 2.05) is 0 Å². The van der Waals surface area contributed by atoms with Gasteiger partial charge < -0.3 is 16.0 Å². The van der Waals surface area contributed by atoms with Crippen LogP contribution in [0.3, 0.4) is 0 Å². The zero-order chi connectivity index (χ0) is 15.0. The van der Waals surface area contributed by atoms with E-state index in [1.54, 1.807) is 0 Å². The maximum atomic E-state index is 12.0. The van der Waals surface area contributed by atoms with E-state index in [0.717, 1.165) is 19.5 Å². The van der Waals surface area contributed by atoms with Crippen LogP contribution in [0.1, 0.15) is 46.5 Å². The van der Waals surface area contributed by atoms with Crippen molar-refractivity contribution < 1.29 is 4.79 Å². The molecule has 4 heteroatoms. The molecule has 118 valence electrons. The second-order valence-electron chi connectivity index (χ2n) is 6.62. The van der Waals surface area contributed by atoms with Crippen LogP contribution in [-0.2, 0) is 4.79 Å². The lowest BCUT2D eigenvalue weighted by Crippen LogP contribution is -2.39. The molecule has 0 bridgehead atoms. The molecule has 1 unspecified atom stereocenters. The SMILES string of the molecule is CCN1CCC(CNC(=O)CC(CN)CC(C)C)CC1. The second-order valence-corrected chi connectivity index (χ2v) is 6.62. The Morgan fingerprint density at radius 3 is 2.50 bits per heavy atom. The summed E-state index contributed by atoms with van der Waals surface area (Å²) in [7, 11) is 0. The number of likely N-dealkylation sites (tertiary alicyclic amines) is 1. The van der Waals surface area contributed by atoms with Crippen LogP contribution >= 0.6 is 0 Å². The third kappa shape index (κ3) is 6.71. The van der Waals surface area contributed by atoms with Gasteiger partial charge in [-0.1, -0.05) is 20.8 Å². The molecule has 3 N–H and O–H groups in total. The maximum absolute atomic E-state index is 12.0. The van der Waals surface area contributed by atoms with Gasteiger partial charge in [0, 0.05) is 13.0 Å². The van der Waals surface area contributed by atoms with Gasteiger partial charge in [0.15, 0.2) is 0 Å². The summed E-state index contributed by atoms with van der Waals surface area (Å²) < 4.78 is 0. The van der Waals surface area contributed by atoms with Gasteiger partial charge in [0.2, 0.25) is 5.91 Å².